The van der Waals surface area contributed by atoms with E-state index in [9.17, 15) is 0 Å². The zero-order chi connectivity index (χ0) is 19.6. The Labute approximate surface area is 171 Å². The lowest BCUT2D eigenvalue weighted by Crippen LogP contribution is -2.15. The van der Waals surface area contributed by atoms with E-state index in [4.69, 9.17) is 0 Å². The lowest BCUT2D eigenvalue weighted by Gasteiger charge is -2.22. The maximum atomic E-state index is 2.46. The van der Waals surface area contributed by atoms with E-state index < -0.39 is 0 Å². The molecule has 4 aromatic carbocycles. The molecule has 1 nitrogen and oxygen atoms in total. The van der Waals surface area contributed by atoms with Crippen molar-refractivity contribution < 1.29 is 0 Å². The fraction of sp³-hybridized carbons (Fsp3) is 0.143. The van der Waals surface area contributed by atoms with Crippen molar-refractivity contribution >= 4 is 21.8 Å². The van der Waals surface area contributed by atoms with Crippen LogP contribution in [-0.2, 0) is 12.0 Å². The van der Waals surface area contributed by atoms with E-state index in [1.807, 2.05) is 0 Å². The summed E-state index contributed by atoms with van der Waals surface area (Å²) in [5.41, 5.74) is 9.65. The highest BCUT2D eigenvalue weighted by Gasteiger charge is 2.35. The second-order valence-corrected chi connectivity index (χ2v) is 8.67. The Morgan fingerprint density at radius 3 is 1.93 bits per heavy atom. The molecule has 1 heterocycles. The van der Waals surface area contributed by atoms with Crippen LogP contribution in [0.3, 0.4) is 0 Å². The van der Waals surface area contributed by atoms with Crippen molar-refractivity contribution in [2.24, 2.45) is 0 Å². The molecule has 0 aliphatic heterocycles. The predicted molar refractivity (Wildman–Crippen MR) is 123 cm³/mol. The van der Waals surface area contributed by atoms with E-state index in [-0.39, 0.29) is 5.41 Å². The van der Waals surface area contributed by atoms with Gasteiger partial charge in [-0.15, -0.1) is 0 Å². The van der Waals surface area contributed by atoms with E-state index in [2.05, 4.69) is 109 Å². The van der Waals surface area contributed by atoms with Gasteiger partial charge in [0.15, 0.2) is 0 Å². The molecule has 1 heteroatoms. The van der Waals surface area contributed by atoms with E-state index in [1.165, 1.54) is 49.6 Å². The summed E-state index contributed by atoms with van der Waals surface area (Å²) >= 11 is 0. The van der Waals surface area contributed by atoms with Crippen LogP contribution in [0.2, 0.25) is 0 Å². The molecule has 0 bridgehead atoms. The summed E-state index contributed by atoms with van der Waals surface area (Å²) < 4.78 is 2.46. The van der Waals surface area contributed by atoms with Gasteiger partial charge in [-0.2, -0.15) is 0 Å². The third-order valence-corrected chi connectivity index (χ3v) is 6.67. The van der Waals surface area contributed by atoms with Crippen molar-refractivity contribution in [1.29, 1.82) is 0 Å². The number of hydrogen-bond acceptors (Lipinski definition) is 0. The minimum absolute atomic E-state index is 0.0444. The number of para-hydroxylation sites is 2. The van der Waals surface area contributed by atoms with Crippen molar-refractivity contribution in [1.82, 2.24) is 4.57 Å². The maximum Gasteiger partial charge on any atom is 0.0494 e. The molecular formula is C28H23N. The average molecular weight is 373 g/mol. The van der Waals surface area contributed by atoms with Gasteiger partial charge in [0.2, 0.25) is 0 Å². The first-order valence-corrected chi connectivity index (χ1v) is 10.3. The first kappa shape index (κ1) is 16.6. The van der Waals surface area contributed by atoms with Crippen molar-refractivity contribution in [2.45, 2.75) is 25.8 Å². The van der Waals surface area contributed by atoms with Crippen LogP contribution in [0.5, 0.6) is 0 Å². The standard InChI is InChI=1S/C28H23N/c1-28(2)24-12-6-3-9-20(24)21-16-15-19(17-25(21)28)18-29-26-13-7-4-10-22(26)23-11-5-8-14-27(23)29/h3-17H,18H2,1-2H3. The minimum atomic E-state index is 0.0444. The van der Waals surface area contributed by atoms with Crippen LogP contribution < -0.4 is 0 Å². The van der Waals surface area contributed by atoms with Gasteiger partial charge in [0.1, 0.15) is 0 Å². The quantitative estimate of drug-likeness (QED) is 0.310. The molecule has 6 rings (SSSR count). The number of benzene rings is 4. The fourth-order valence-electron chi connectivity index (χ4n) is 5.21. The molecule has 29 heavy (non-hydrogen) atoms. The van der Waals surface area contributed by atoms with Crippen LogP contribution in [0.1, 0.15) is 30.5 Å². The van der Waals surface area contributed by atoms with Crippen molar-refractivity contribution in [3.05, 3.63) is 108 Å². The monoisotopic (exact) mass is 373 g/mol. The zero-order valence-corrected chi connectivity index (χ0v) is 16.8. The molecule has 0 atom stereocenters. The second kappa shape index (κ2) is 5.84. The number of rotatable bonds is 2. The Morgan fingerprint density at radius 1 is 0.621 bits per heavy atom. The summed E-state index contributed by atoms with van der Waals surface area (Å²) in [5, 5.41) is 2.66. The van der Waals surface area contributed by atoms with Crippen molar-refractivity contribution in [3.63, 3.8) is 0 Å². The summed E-state index contributed by atoms with van der Waals surface area (Å²) in [6.45, 7) is 5.58. The molecule has 5 aromatic rings. The van der Waals surface area contributed by atoms with Gasteiger partial charge in [-0.05, 0) is 39.9 Å². The lowest BCUT2D eigenvalue weighted by molar-refractivity contribution is 0.658. The van der Waals surface area contributed by atoms with Crippen molar-refractivity contribution in [2.75, 3.05) is 0 Å². The van der Waals surface area contributed by atoms with Gasteiger partial charge in [0.25, 0.3) is 0 Å². The molecule has 0 unspecified atom stereocenters. The molecule has 140 valence electrons. The molecule has 1 aliphatic rings. The molecule has 0 saturated heterocycles. The largest absolute Gasteiger partial charge is 0.336 e. The first-order chi connectivity index (χ1) is 14.1. The van der Waals surface area contributed by atoms with Gasteiger partial charge in [-0.3, -0.25) is 0 Å². The Hall–Kier alpha value is -3.32. The molecule has 0 N–H and O–H groups in total. The van der Waals surface area contributed by atoms with Gasteiger partial charge in [0, 0.05) is 33.8 Å². The SMILES string of the molecule is CC1(C)c2ccccc2-c2ccc(Cn3c4ccccc4c4ccccc43)cc21. The van der Waals surface area contributed by atoms with Crippen LogP contribution in [0, 0.1) is 0 Å². The number of hydrogen-bond donors (Lipinski definition) is 0. The summed E-state index contributed by atoms with van der Waals surface area (Å²) in [6, 6.07) is 33.4. The Balaban J connectivity index is 1.52. The summed E-state index contributed by atoms with van der Waals surface area (Å²) in [6.07, 6.45) is 0. The summed E-state index contributed by atoms with van der Waals surface area (Å²) in [5.74, 6) is 0. The smallest absolute Gasteiger partial charge is 0.0494 e. The van der Waals surface area contributed by atoms with E-state index in [0.29, 0.717) is 0 Å². The zero-order valence-electron chi connectivity index (χ0n) is 16.8. The first-order valence-electron chi connectivity index (χ1n) is 10.3. The van der Waals surface area contributed by atoms with Gasteiger partial charge in [0.05, 0.1) is 0 Å². The van der Waals surface area contributed by atoms with Gasteiger partial charge in [-0.25, -0.2) is 0 Å². The van der Waals surface area contributed by atoms with Gasteiger partial charge < -0.3 is 4.57 Å². The van der Waals surface area contributed by atoms with Crippen molar-refractivity contribution in [3.8, 4) is 11.1 Å². The van der Waals surface area contributed by atoms with Crippen LogP contribution in [0.25, 0.3) is 32.9 Å². The molecule has 0 amide bonds. The van der Waals surface area contributed by atoms with Gasteiger partial charge >= 0.3 is 0 Å². The molecule has 0 saturated carbocycles. The molecule has 1 aromatic heterocycles. The molecule has 1 aliphatic carbocycles. The maximum absolute atomic E-state index is 2.46. The number of fused-ring (bicyclic) bond motifs is 6. The molecule has 0 radical (unpaired) electrons. The Kier molecular flexibility index (Phi) is 3.35. The Bertz CT molecular complexity index is 1350. The van der Waals surface area contributed by atoms with Crippen LogP contribution in [0.15, 0.2) is 91.0 Å². The third kappa shape index (κ3) is 2.28. The molecular weight excluding hydrogens is 350 g/mol. The molecule has 0 spiro atoms. The topological polar surface area (TPSA) is 4.93 Å². The lowest BCUT2D eigenvalue weighted by atomic mass is 9.82. The highest BCUT2D eigenvalue weighted by Crippen LogP contribution is 2.48. The fourth-order valence-corrected chi connectivity index (χ4v) is 5.21. The van der Waals surface area contributed by atoms with E-state index in [0.717, 1.165) is 6.54 Å². The number of nitrogens with zero attached hydrogens (tertiary/aromatic N) is 1. The predicted octanol–water partition coefficient (Wildman–Crippen LogP) is 7.15. The van der Waals surface area contributed by atoms with Crippen LogP contribution in [0.4, 0.5) is 0 Å². The highest BCUT2D eigenvalue weighted by molar-refractivity contribution is 6.08. The van der Waals surface area contributed by atoms with E-state index >= 15 is 0 Å². The number of aromatic nitrogens is 1. The highest BCUT2D eigenvalue weighted by atomic mass is 15.0. The summed E-state index contributed by atoms with van der Waals surface area (Å²) in [7, 11) is 0. The van der Waals surface area contributed by atoms with Crippen LogP contribution >= 0.6 is 0 Å². The van der Waals surface area contributed by atoms with Crippen LogP contribution in [-0.4, -0.2) is 4.57 Å². The summed E-state index contributed by atoms with van der Waals surface area (Å²) in [4.78, 5) is 0. The minimum Gasteiger partial charge on any atom is -0.336 e. The normalized spacial score (nSPS) is 14.3. The molecule has 0 fully saturated rings. The average Bonchev–Trinajstić information content (AvgIpc) is 3.19. The van der Waals surface area contributed by atoms with E-state index in [1.54, 1.807) is 0 Å². The Morgan fingerprint density at radius 2 is 1.21 bits per heavy atom. The second-order valence-electron chi connectivity index (χ2n) is 8.67. The third-order valence-electron chi connectivity index (χ3n) is 6.67. The van der Waals surface area contributed by atoms with Gasteiger partial charge in [-0.1, -0.05) is 92.7 Å².